The normalized spacial score (nSPS) is 10.4. The van der Waals surface area contributed by atoms with Gasteiger partial charge in [-0.2, -0.15) is 0 Å². The predicted octanol–water partition coefficient (Wildman–Crippen LogP) is 2.61. The van der Waals surface area contributed by atoms with E-state index in [1.807, 2.05) is 13.8 Å². The second kappa shape index (κ2) is 6.63. The Labute approximate surface area is 101 Å². The Morgan fingerprint density at radius 1 is 1.44 bits per heavy atom. The minimum atomic E-state index is 0.167. The standard InChI is InChI=1S/C12H20N2OS/c1-4-5-6-12(15)13-8-7-11-9(2)14-10(3)16-11/h4-8H2,1-3H3,(H,13,15). The first kappa shape index (κ1) is 13.2. The van der Waals surface area contributed by atoms with Crippen molar-refractivity contribution in [3.05, 3.63) is 15.6 Å². The number of unbranched alkanes of at least 4 members (excludes halogenated alkanes) is 1. The summed E-state index contributed by atoms with van der Waals surface area (Å²) >= 11 is 1.72. The van der Waals surface area contributed by atoms with Gasteiger partial charge in [0.2, 0.25) is 5.91 Å². The van der Waals surface area contributed by atoms with E-state index in [-0.39, 0.29) is 5.91 Å². The summed E-state index contributed by atoms with van der Waals surface area (Å²) in [6.07, 6.45) is 3.59. The topological polar surface area (TPSA) is 42.0 Å². The van der Waals surface area contributed by atoms with Crippen molar-refractivity contribution in [2.45, 2.75) is 46.5 Å². The van der Waals surface area contributed by atoms with Gasteiger partial charge in [-0.25, -0.2) is 4.98 Å². The lowest BCUT2D eigenvalue weighted by molar-refractivity contribution is -0.121. The molecule has 1 amide bonds. The maximum atomic E-state index is 11.4. The highest BCUT2D eigenvalue weighted by molar-refractivity contribution is 7.11. The van der Waals surface area contributed by atoms with Gasteiger partial charge in [0.05, 0.1) is 10.7 Å². The molecule has 0 aliphatic carbocycles. The lowest BCUT2D eigenvalue weighted by Gasteiger charge is -2.03. The van der Waals surface area contributed by atoms with Crippen LogP contribution in [-0.4, -0.2) is 17.4 Å². The Hall–Kier alpha value is -0.900. The first-order valence-electron chi connectivity index (χ1n) is 5.83. The molecule has 1 N–H and O–H groups in total. The van der Waals surface area contributed by atoms with Crippen LogP contribution in [0, 0.1) is 13.8 Å². The first-order valence-corrected chi connectivity index (χ1v) is 6.64. The van der Waals surface area contributed by atoms with Gasteiger partial charge < -0.3 is 5.32 Å². The lowest BCUT2D eigenvalue weighted by Crippen LogP contribution is -2.25. The van der Waals surface area contributed by atoms with Crippen LogP contribution in [0.15, 0.2) is 0 Å². The van der Waals surface area contributed by atoms with Crippen LogP contribution in [0.1, 0.15) is 41.8 Å². The Balaban J connectivity index is 2.25. The number of hydrogen-bond donors (Lipinski definition) is 1. The van der Waals surface area contributed by atoms with E-state index < -0.39 is 0 Å². The van der Waals surface area contributed by atoms with Crippen LogP contribution >= 0.6 is 11.3 Å². The minimum Gasteiger partial charge on any atom is -0.356 e. The van der Waals surface area contributed by atoms with Gasteiger partial charge in [0, 0.05) is 24.3 Å². The lowest BCUT2D eigenvalue weighted by atomic mass is 10.2. The smallest absolute Gasteiger partial charge is 0.220 e. The van der Waals surface area contributed by atoms with Gasteiger partial charge in [0.1, 0.15) is 0 Å². The molecule has 1 heterocycles. The number of amides is 1. The molecule has 3 nitrogen and oxygen atoms in total. The van der Waals surface area contributed by atoms with Crippen molar-refractivity contribution in [2.75, 3.05) is 6.54 Å². The summed E-state index contributed by atoms with van der Waals surface area (Å²) in [7, 11) is 0. The third kappa shape index (κ3) is 4.31. The number of carbonyl (C=O) groups excluding carboxylic acids is 1. The summed E-state index contributed by atoms with van der Waals surface area (Å²) in [4.78, 5) is 17.0. The van der Waals surface area contributed by atoms with Crippen molar-refractivity contribution in [3.63, 3.8) is 0 Å². The van der Waals surface area contributed by atoms with Crippen molar-refractivity contribution < 1.29 is 4.79 Å². The van der Waals surface area contributed by atoms with Gasteiger partial charge in [-0.05, 0) is 20.3 Å². The molecule has 0 fully saturated rings. The molecule has 0 bridgehead atoms. The van der Waals surface area contributed by atoms with Gasteiger partial charge >= 0.3 is 0 Å². The van der Waals surface area contributed by atoms with Gasteiger partial charge in [0.15, 0.2) is 0 Å². The molecule has 0 radical (unpaired) electrons. The molecular formula is C12H20N2OS. The van der Waals surface area contributed by atoms with E-state index in [1.54, 1.807) is 11.3 Å². The number of nitrogens with zero attached hydrogens (tertiary/aromatic N) is 1. The van der Waals surface area contributed by atoms with Crippen LogP contribution in [-0.2, 0) is 11.2 Å². The molecule has 1 aromatic rings. The maximum Gasteiger partial charge on any atom is 0.220 e. The van der Waals surface area contributed by atoms with Crippen LogP contribution in [0.25, 0.3) is 0 Å². The van der Waals surface area contributed by atoms with Gasteiger partial charge in [-0.15, -0.1) is 11.3 Å². The minimum absolute atomic E-state index is 0.167. The van der Waals surface area contributed by atoms with Crippen molar-refractivity contribution in [1.82, 2.24) is 10.3 Å². The van der Waals surface area contributed by atoms with Gasteiger partial charge in [0.25, 0.3) is 0 Å². The van der Waals surface area contributed by atoms with E-state index in [0.717, 1.165) is 36.5 Å². The zero-order valence-electron chi connectivity index (χ0n) is 10.3. The number of thiazole rings is 1. The molecule has 0 aliphatic heterocycles. The first-order chi connectivity index (χ1) is 7.63. The Morgan fingerprint density at radius 2 is 2.19 bits per heavy atom. The Bertz CT molecular complexity index is 347. The van der Waals surface area contributed by atoms with Crippen LogP contribution in [0.2, 0.25) is 0 Å². The molecule has 1 aromatic heterocycles. The highest BCUT2D eigenvalue weighted by Gasteiger charge is 2.05. The molecule has 0 spiro atoms. The fraction of sp³-hybridized carbons (Fsp3) is 0.667. The summed E-state index contributed by atoms with van der Waals surface area (Å²) < 4.78 is 0. The quantitative estimate of drug-likeness (QED) is 0.830. The molecule has 1 rings (SSSR count). The molecule has 4 heteroatoms. The van der Waals surface area contributed by atoms with E-state index in [2.05, 4.69) is 17.2 Å². The molecule has 0 atom stereocenters. The SMILES string of the molecule is CCCCC(=O)NCCc1sc(C)nc1C. The summed E-state index contributed by atoms with van der Waals surface area (Å²) in [5, 5.41) is 4.04. The summed E-state index contributed by atoms with van der Waals surface area (Å²) in [6, 6.07) is 0. The summed E-state index contributed by atoms with van der Waals surface area (Å²) in [5.74, 6) is 0.167. The third-order valence-corrected chi connectivity index (χ3v) is 3.56. The average Bonchev–Trinajstić information content (AvgIpc) is 2.55. The van der Waals surface area contributed by atoms with E-state index in [9.17, 15) is 4.79 Å². The predicted molar refractivity (Wildman–Crippen MR) is 67.8 cm³/mol. The number of nitrogens with one attached hydrogen (secondary N) is 1. The second-order valence-electron chi connectivity index (χ2n) is 3.94. The highest BCUT2D eigenvalue weighted by Crippen LogP contribution is 2.16. The third-order valence-electron chi connectivity index (χ3n) is 2.43. The molecule has 0 saturated carbocycles. The van der Waals surface area contributed by atoms with E-state index in [4.69, 9.17) is 0 Å². The van der Waals surface area contributed by atoms with Crippen LogP contribution in [0.3, 0.4) is 0 Å². The highest BCUT2D eigenvalue weighted by atomic mass is 32.1. The van der Waals surface area contributed by atoms with Crippen molar-refractivity contribution in [1.29, 1.82) is 0 Å². The zero-order chi connectivity index (χ0) is 12.0. The van der Waals surface area contributed by atoms with Crippen LogP contribution in [0.4, 0.5) is 0 Å². The van der Waals surface area contributed by atoms with Crippen LogP contribution < -0.4 is 5.32 Å². The molecule has 90 valence electrons. The fourth-order valence-corrected chi connectivity index (χ4v) is 2.48. The molecular weight excluding hydrogens is 220 g/mol. The second-order valence-corrected chi connectivity index (χ2v) is 5.23. The number of rotatable bonds is 6. The largest absolute Gasteiger partial charge is 0.356 e. The van der Waals surface area contributed by atoms with Crippen molar-refractivity contribution in [3.8, 4) is 0 Å². The van der Waals surface area contributed by atoms with E-state index >= 15 is 0 Å². The summed E-state index contributed by atoms with van der Waals surface area (Å²) in [5.41, 5.74) is 1.10. The van der Waals surface area contributed by atoms with Gasteiger partial charge in [-0.1, -0.05) is 13.3 Å². The molecule has 0 unspecified atom stereocenters. The Kier molecular flexibility index (Phi) is 5.46. The average molecular weight is 240 g/mol. The van der Waals surface area contributed by atoms with Crippen molar-refractivity contribution >= 4 is 17.2 Å². The summed E-state index contributed by atoms with van der Waals surface area (Å²) in [6.45, 7) is 6.86. The Morgan fingerprint density at radius 3 is 2.75 bits per heavy atom. The number of carbonyl (C=O) groups is 1. The molecule has 0 aliphatic rings. The zero-order valence-corrected chi connectivity index (χ0v) is 11.1. The maximum absolute atomic E-state index is 11.4. The number of aromatic nitrogens is 1. The fourth-order valence-electron chi connectivity index (χ4n) is 1.55. The van der Waals surface area contributed by atoms with E-state index in [1.165, 1.54) is 4.88 Å². The van der Waals surface area contributed by atoms with Gasteiger partial charge in [-0.3, -0.25) is 4.79 Å². The molecule has 0 saturated heterocycles. The van der Waals surface area contributed by atoms with Crippen LogP contribution in [0.5, 0.6) is 0 Å². The monoisotopic (exact) mass is 240 g/mol. The molecule has 16 heavy (non-hydrogen) atoms. The number of aryl methyl sites for hydroxylation is 2. The number of hydrogen-bond acceptors (Lipinski definition) is 3. The van der Waals surface area contributed by atoms with E-state index in [0.29, 0.717) is 6.42 Å². The molecule has 0 aromatic carbocycles. The van der Waals surface area contributed by atoms with Crippen molar-refractivity contribution in [2.24, 2.45) is 0 Å².